The molecule has 0 aliphatic rings. The first-order valence-corrected chi connectivity index (χ1v) is 7.25. The lowest BCUT2D eigenvalue weighted by Gasteiger charge is -2.12. The van der Waals surface area contributed by atoms with Gasteiger partial charge in [0, 0.05) is 27.5 Å². The number of alkyl halides is 1. The maximum absolute atomic E-state index is 13.1. The molecule has 6 heteroatoms. The minimum absolute atomic E-state index is 0.0297. The van der Waals surface area contributed by atoms with Gasteiger partial charge in [0.25, 0.3) is 0 Å². The Bertz CT molecular complexity index is 580. The van der Waals surface area contributed by atoms with E-state index >= 15 is 0 Å². The summed E-state index contributed by atoms with van der Waals surface area (Å²) in [7, 11) is 1.56. The van der Waals surface area contributed by atoms with Crippen LogP contribution >= 0.6 is 31.9 Å². The summed E-state index contributed by atoms with van der Waals surface area (Å²) in [5.41, 5.74) is 1.82. The van der Waals surface area contributed by atoms with Crippen LogP contribution in [0.3, 0.4) is 0 Å². The summed E-state index contributed by atoms with van der Waals surface area (Å²) in [6.07, 6.45) is 2.12. The lowest BCUT2D eigenvalue weighted by atomic mass is 10.1. The number of benzene rings is 1. The van der Waals surface area contributed by atoms with E-state index in [2.05, 4.69) is 41.8 Å². The molecule has 1 aromatic heterocycles. The molecular weight excluding hydrogens is 379 g/mol. The monoisotopic (exact) mass is 388 g/mol. The fraction of sp³-hybridized carbons (Fsp3) is 0.231. The number of aromatic nitrogens is 2. The molecule has 1 atom stereocenters. The second-order valence-corrected chi connectivity index (χ2v) is 5.85. The van der Waals surface area contributed by atoms with Gasteiger partial charge in [0.1, 0.15) is 12.1 Å². The van der Waals surface area contributed by atoms with Crippen molar-refractivity contribution < 1.29 is 9.13 Å². The SMILES string of the molecule is COc1cc(CC(Br)c2ccc(F)cc2Br)ncn1. The minimum Gasteiger partial charge on any atom is -0.481 e. The zero-order valence-electron chi connectivity index (χ0n) is 10.1. The van der Waals surface area contributed by atoms with E-state index in [9.17, 15) is 4.39 Å². The van der Waals surface area contributed by atoms with Gasteiger partial charge in [0.05, 0.1) is 7.11 Å². The highest BCUT2D eigenvalue weighted by molar-refractivity contribution is 9.11. The average Bonchev–Trinajstić information content (AvgIpc) is 2.38. The molecule has 19 heavy (non-hydrogen) atoms. The van der Waals surface area contributed by atoms with Crippen molar-refractivity contribution in [1.29, 1.82) is 0 Å². The van der Waals surface area contributed by atoms with Crippen LogP contribution in [0.5, 0.6) is 5.88 Å². The zero-order valence-corrected chi connectivity index (χ0v) is 13.3. The van der Waals surface area contributed by atoms with Crippen molar-refractivity contribution in [2.75, 3.05) is 7.11 Å². The van der Waals surface area contributed by atoms with Crippen molar-refractivity contribution in [2.45, 2.75) is 11.2 Å². The van der Waals surface area contributed by atoms with Crippen LogP contribution in [0.4, 0.5) is 4.39 Å². The van der Waals surface area contributed by atoms with Crippen LogP contribution in [0.1, 0.15) is 16.1 Å². The summed E-state index contributed by atoms with van der Waals surface area (Å²) in [6.45, 7) is 0. The largest absolute Gasteiger partial charge is 0.481 e. The summed E-state index contributed by atoms with van der Waals surface area (Å²) in [5, 5.41) is 0. The number of halogens is 3. The van der Waals surface area contributed by atoms with E-state index in [-0.39, 0.29) is 10.6 Å². The fourth-order valence-corrected chi connectivity index (χ4v) is 3.31. The van der Waals surface area contributed by atoms with Gasteiger partial charge in [-0.05, 0) is 17.7 Å². The fourth-order valence-electron chi connectivity index (χ4n) is 1.65. The van der Waals surface area contributed by atoms with Crippen molar-refractivity contribution in [1.82, 2.24) is 9.97 Å². The lowest BCUT2D eigenvalue weighted by Crippen LogP contribution is -2.00. The Kier molecular flexibility index (Phi) is 4.87. The Labute approximate surface area is 127 Å². The maximum atomic E-state index is 13.1. The second-order valence-electron chi connectivity index (χ2n) is 3.89. The van der Waals surface area contributed by atoms with Crippen LogP contribution in [0.25, 0.3) is 0 Å². The molecule has 0 spiro atoms. The number of hydrogen-bond donors (Lipinski definition) is 0. The van der Waals surface area contributed by atoms with Crippen LogP contribution in [0.2, 0.25) is 0 Å². The first-order chi connectivity index (χ1) is 9.10. The molecule has 0 saturated heterocycles. The number of nitrogens with zero attached hydrogens (tertiary/aromatic N) is 2. The molecule has 100 valence electrons. The van der Waals surface area contributed by atoms with Gasteiger partial charge < -0.3 is 4.74 Å². The van der Waals surface area contributed by atoms with Gasteiger partial charge in [-0.15, -0.1) is 0 Å². The first kappa shape index (κ1) is 14.4. The Hall–Kier alpha value is -1.01. The van der Waals surface area contributed by atoms with Crippen molar-refractivity contribution in [3.8, 4) is 5.88 Å². The second kappa shape index (κ2) is 6.43. The number of methoxy groups -OCH3 is 1. The summed E-state index contributed by atoms with van der Waals surface area (Å²) >= 11 is 6.95. The highest BCUT2D eigenvalue weighted by Gasteiger charge is 2.14. The van der Waals surface area contributed by atoms with Crippen molar-refractivity contribution in [3.63, 3.8) is 0 Å². The summed E-state index contributed by atoms with van der Waals surface area (Å²) in [4.78, 5) is 8.18. The molecule has 0 aliphatic carbocycles. The average molecular weight is 390 g/mol. The van der Waals surface area contributed by atoms with Gasteiger partial charge in [-0.2, -0.15) is 0 Å². The number of hydrogen-bond acceptors (Lipinski definition) is 3. The minimum atomic E-state index is -0.265. The lowest BCUT2D eigenvalue weighted by molar-refractivity contribution is 0.396. The smallest absolute Gasteiger partial charge is 0.216 e. The molecule has 3 nitrogen and oxygen atoms in total. The van der Waals surface area contributed by atoms with E-state index in [1.54, 1.807) is 19.2 Å². The highest BCUT2D eigenvalue weighted by Crippen LogP contribution is 2.32. The van der Waals surface area contributed by atoms with Crippen molar-refractivity contribution in [2.24, 2.45) is 0 Å². The van der Waals surface area contributed by atoms with Gasteiger partial charge in [0.15, 0.2) is 0 Å². The predicted molar refractivity (Wildman–Crippen MR) is 78.1 cm³/mol. The highest BCUT2D eigenvalue weighted by atomic mass is 79.9. The third kappa shape index (κ3) is 3.73. The van der Waals surface area contributed by atoms with Crippen LogP contribution < -0.4 is 4.74 Å². The van der Waals surface area contributed by atoms with Crippen LogP contribution in [0.15, 0.2) is 35.1 Å². The maximum Gasteiger partial charge on any atom is 0.216 e. The van der Waals surface area contributed by atoms with Crippen molar-refractivity contribution >= 4 is 31.9 Å². The van der Waals surface area contributed by atoms with E-state index in [1.807, 2.05) is 0 Å². The zero-order chi connectivity index (χ0) is 13.8. The van der Waals surface area contributed by atoms with Crippen LogP contribution in [-0.2, 0) is 6.42 Å². The first-order valence-electron chi connectivity index (χ1n) is 5.54. The molecule has 2 aromatic rings. The molecule has 0 saturated carbocycles. The Morgan fingerprint density at radius 1 is 1.32 bits per heavy atom. The molecule has 0 radical (unpaired) electrons. The molecule has 0 amide bonds. The van der Waals surface area contributed by atoms with Gasteiger partial charge in [-0.3, -0.25) is 0 Å². The van der Waals surface area contributed by atoms with E-state index in [0.29, 0.717) is 12.3 Å². The van der Waals surface area contributed by atoms with Gasteiger partial charge in [-0.25, -0.2) is 14.4 Å². The number of rotatable bonds is 4. The summed E-state index contributed by atoms with van der Waals surface area (Å²) < 4.78 is 18.8. The number of ether oxygens (including phenoxy) is 1. The molecule has 1 unspecified atom stereocenters. The topological polar surface area (TPSA) is 35.0 Å². The van der Waals surface area contributed by atoms with Crippen molar-refractivity contribution in [3.05, 3.63) is 52.1 Å². The Morgan fingerprint density at radius 3 is 2.79 bits per heavy atom. The molecule has 1 aromatic carbocycles. The molecule has 0 aliphatic heterocycles. The quantitative estimate of drug-likeness (QED) is 0.739. The predicted octanol–water partition coefficient (Wildman–Crippen LogP) is 4.07. The third-order valence-electron chi connectivity index (χ3n) is 2.60. The molecular formula is C13H11Br2FN2O. The van der Waals surface area contributed by atoms with Crippen LogP contribution in [-0.4, -0.2) is 17.1 Å². The van der Waals surface area contributed by atoms with E-state index in [1.165, 1.54) is 18.5 Å². The van der Waals surface area contributed by atoms with E-state index in [0.717, 1.165) is 15.7 Å². The molecule has 0 fully saturated rings. The molecule has 0 bridgehead atoms. The van der Waals surface area contributed by atoms with Crippen LogP contribution in [0, 0.1) is 5.82 Å². The summed E-state index contributed by atoms with van der Waals surface area (Å²) in [5.74, 6) is 0.266. The van der Waals surface area contributed by atoms with Gasteiger partial charge in [0.2, 0.25) is 5.88 Å². The molecule has 2 rings (SSSR count). The van der Waals surface area contributed by atoms with E-state index < -0.39 is 0 Å². The summed E-state index contributed by atoms with van der Waals surface area (Å²) in [6, 6.07) is 6.42. The standard InChI is InChI=1S/C13H11Br2FN2O/c1-19-13-6-9(17-7-18-13)5-12(15)10-3-2-8(16)4-11(10)14/h2-4,6-7,12H,5H2,1H3. The van der Waals surface area contributed by atoms with Gasteiger partial charge in [-0.1, -0.05) is 37.9 Å². The molecule has 0 N–H and O–H groups in total. The Morgan fingerprint density at radius 2 is 2.11 bits per heavy atom. The normalized spacial score (nSPS) is 12.2. The molecule has 1 heterocycles. The van der Waals surface area contributed by atoms with Gasteiger partial charge >= 0.3 is 0 Å². The van der Waals surface area contributed by atoms with E-state index in [4.69, 9.17) is 4.74 Å². The Balaban J connectivity index is 2.17. The third-order valence-corrected chi connectivity index (χ3v) is 4.10.